The molecule has 3 aromatic carbocycles. The largest absolute Gasteiger partial charge is 0.491 e. The fraction of sp³-hybridized carbons (Fsp3) is 0.296. The zero-order valence-corrected chi connectivity index (χ0v) is 21.2. The Labute approximate surface area is 217 Å². The van der Waals surface area contributed by atoms with Crippen LogP contribution in [-0.2, 0) is 19.0 Å². The van der Waals surface area contributed by atoms with Crippen LogP contribution in [-0.4, -0.2) is 28.5 Å². The molecule has 4 nitrogen and oxygen atoms in total. The van der Waals surface area contributed by atoms with Gasteiger partial charge in [-0.05, 0) is 41.8 Å². The summed E-state index contributed by atoms with van der Waals surface area (Å²) >= 11 is 13.2. The van der Waals surface area contributed by atoms with Gasteiger partial charge in [-0.15, -0.1) is 0 Å². The van der Waals surface area contributed by atoms with Crippen LogP contribution in [0.1, 0.15) is 53.4 Å². The second-order valence-electron chi connectivity index (χ2n) is 8.32. The molecule has 0 aliphatic heterocycles. The van der Waals surface area contributed by atoms with Crippen molar-refractivity contribution in [3.8, 4) is 5.75 Å². The number of H-pyrrole nitrogens is 1. The van der Waals surface area contributed by atoms with Crippen LogP contribution in [0.15, 0.2) is 48.5 Å². The summed E-state index contributed by atoms with van der Waals surface area (Å²) in [6.07, 6.45) is -3.42. The van der Waals surface area contributed by atoms with E-state index in [-0.39, 0.29) is 23.3 Å². The number of ether oxygens (including phenoxy) is 1. The molecule has 1 aromatic heterocycles. The minimum atomic E-state index is -4.60. The van der Waals surface area contributed by atoms with Gasteiger partial charge in [0, 0.05) is 38.3 Å². The van der Waals surface area contributed by atoms with Crippen molar-refractivity contribution in [2.75, 3.05) is 13.2 Å². The van der Waals surface area contributed by atoms with E-state index in [1.165, 1.54) is 0 Å². The third-order valence-electron chi connectivity index (χ3n) is 6.20. The average molecular weight is 537 g/mol. The van der Waals surface area contributed by atoms with Crippen LogP contribution in [0.4, 0.5) is 13.2 Å². The first kappa shape index (κ1) is 26.3. The van der Waals surface area contributed by atoms with Gasteiger partial charge in [0.2, 0.25) is 0 Å². The maximum absolute atomic E-state index is 13.6. The highest BCUT2D eigenvalue weighted by Gasteiger charge is 2.36. The number of alkyl halides is 3. The number of halogens is 5. The van der Waals surface area contributed by atoms with Crippen molar-refractivity contribution in [3.63, 3.8) is 0 Å². The fourth-order valence-corrected chi connectivity index (χ4v) is 5.33. The van der Waals surface area contributed by atoms with Crippen LogP contribution < -0.4 is 4.74 Å². The summed E-state index contributed by atoms with van der Waals surface area (Å²) in [5.41, 5.74) is 2.48. The van der Waals surface area contributed by atoms with Crippen LogP contribution in [0.2, 0.25) is 10.0 Å². The fourth-order valence-electron chi connectivity index (χ4n) is 4.62. The first-order valence-electron chi connectivity index (χ1n) is 11.6. The van der Waals surface area contributed by atoms with E-state index >= 15 is 0 Å². The SMILES string of the molecule is CCc1n[nH]c(CC)c1C(c1c(Cl)cc(C(F)(F)F)cc1Cl)c1c(OCCO)ccc2ccccc12. The van der Waals surface area contributed by atoms with Crippen molar-refractivity contribution in [3.05, 3.63) is 92.2 Å². The molecule has 1 heterocycles. The molecule has 0 fully saturated rings. The number of rotatable bonds is 8. The van der Waals surface area contributed by atoms with Crippen molar-refractivity contribution in [1.82, 2.24) is 10.2 Å². The van der Waals surface area contributed by atoms with Crippen LogP contribution in [0.25, 0.3) is 10.8 Å². The molecule has 36 heavy (non-hydrogen) atoms. The van der Waals surface area contributed by atoms with E-state index in [1.807, 2.05) is 44.2 Å². The molecule has 9 heteroatoms. The van der Waals surface area contributed by atoms with Crippen LogP contribution in [0, 0.1) is 0 Å². The summed E-state index contributed by atoms with van der Waals surface area (Å²) in [5, 5.41) is 18.5. The zero-order chi connectivity index (χ0) is 26.0. The van der Waals surface area contributed by atoms with Gasteiger partial charge in [0.1, 0.15) is 12.4 Å². The number of hydrogen-bond donors (Lipinski definition) is 2. The van der Waals surface area contributed by atoms with Gasteiger partial charge in [-0.2, -0.15) is 18.3 Å². The van der Waals surface area contributed by atoms with E-state index in [0.29, 0.717) is 29.7 Å². The minimum absolute atomic E-state index is 0.0409. The van der Waals surface area contributed by atoms with Gasteiger partial charge in [-0.25, -0.2) is 0 Å². The molecule has 0 radical (unpaired) electrons. The quantitative estimate of drug-likeness (QED) is 0.244. The van der Waals surface area contributed by atoms with E-state index in [0.717, 1.165) is 39.9 Å². The number of aryl methyl sites for hydroxylation is 2. The molecule has 0 aliphatic rings. The Morgan fingerprint density at radius 3 is 2.28 bits per heavy atom. The molecule has 0 amide bonds. The Hall–Kier alpha value is -2.74. The molecule has 2 N–H and O–H groups in total. The third-order valence-corrected chi connectivity index (χ3v) is 6.83. The van der Waals surface area contributed by atoms with Gasteiger partial charge in [-0.3, -0.25) is 5.10 Å². The number of fused-ring (bicyclic) bond motifs is 1. The number of aliphatic hydroxyl groups excluding tert-OH is 1. The van der Waals surface area contributed by atoms with E-state index in [2.05, 4.69) is 10.2 Å². The molecular formula is C27H25Cl2F3N2O2. The molecule has 0 bridgehead atoms. The molecule has 1 unspecified atom stereocenters. The van der Waals surface area contributed by atoms with Crippen molar-refractivity contribution >= 4 is 34.0 Å². The van der Waals surface area contributed by atoms with Crippen molar-refractivity contribution < 1.29 is 23.0 Å². The van der Waals surface area contributed by atoms with E-state index in [9.17, 15) is 18.3 Å². The molecule has 4 aromatic rings. The number of aromatic amines is 1. The second-order valence-corrected chi connectivity index (χ2v) is 9.14. The summed E-state index contributed by atoms with van der Waals surface area (Å²) in [7, 11) is 0. The van der Waals surface area contributed by atoms with Gasteiger partial charge >= 0.3 is 6.18 Å². The smallest absolute Gasteiger partial charge is 0.416 e. The van der Waals surface area contributed by atoms with Gasteiger partial charge in [0.05, 0.1) is 17.9 Å². The van der Waals surface area contributed by atoms with Crippen molar-refractivity contribution in [1.29, 1.82) is 0 Å². The number of aliphatic hydroxyl groups is 1. The first-order valence-corrected chi connectivity index (χ1v) is 12.3. The van der Waals surface area contributed by atoms with E-state index in [4.69, 9.17) is 27.9 Å². The van der Waals surface area contributed by atoms with Crippen LogP contribution >= 0.6 is 23.2 Å². The summed E-state index contributed by atoms with van der Waals surface area (Å²) in [6.45, 7) is 3.76. The highest BCUT2D eigenvalue weighted by molar-refractivity contribution is 6.36. The van der Waals surface area contributed by atoms with Gasteiger partial charge in [0.15, 0.2) is 0 Å². The predicted molar refractivity (Wildman–Crippen MR) is 136 cm³/mol. The maximum Gasteiger partial charge on any atom is 0.416 e. The molecule has 1 atom stereocenters. The standard InChI is InChI=1S/C27H25Cl2F3N2O2/c1-3-20-25(21(4-2)34-33-20)26(24-18(28)13-16(14-19(24)29)27(30,31)32)23-17-8-6-5-7-15(17)9-10-22(23)36-12-11-35/h5-10,13-14,26,35H,3-4,11-12H2,1-2H3,(H,33,34). The summed E-state index contributed by atoms with van der Waals surface area (Å²) in [5.74, 6) is -0.208. The molecule has 4 rings (SSSR count). The summed E-state index contributed by atoms with van der Waals surface area (Å²) < 4.78 is 46.6. The maximum atomic E-state index is 13.6. The number of nitrogens with one attached hydrogen (secondary N) is 1. The molecule has 0 spiro atoms. The van der Waals surface area contributed by atoms with Crippen LogP contribution in [0.5, 0.6) is 5.75 Å². The molecule has 190 valence electrons. The Kier molecular flexibility index (Phi) is 7.83. The first-order chi connectivity index (χ1) is 17.2. The number of nitrogens with zero attached hydrogens (tertiary/aromatic N) is 1. The Morgan fingerprint density at radius 2 is 1.67 bits per heavy atom. The lowest BCUT2D eigenvalue weighted by Crippen LogP contribution is -2.14. The lowest BCUT2D eigenvalue weighted by Gasteiger charge is -2.26. The van der Waals surface area contributed by atoms with Crippen molar-refractivity contribution in [2.24, 2.45) is 0 Å². The molecule has 0 saturated carbocycles. The second kappa shape index (κ2) is 10.7. The zero-order valence-electron chi connectivity index (χ0n) is 19.7. The van der Waals surface area contributed by atoms with Gasteiger partial charge < -0.3 is 9.84 Å². The van der Waals surface area contributed by atoms with E-state index in [1.54, 1.807) is 6.07 Å². The van der Waals surface area contributed by atoms with Gasteiger partial charge in [-0.1, -0.05) is 67.4 Å². The number of hydrogen-bond acceptors (Lipinski definition) is 3. The molecule has 0 aliphatic carbocycles. The van der Waals surface area contributed by atoms with Crippen LogP contribution in [0.3, 0.4) is 0 Å². The summed E-state index contributed by atoms with van der Waals surface area (Å²) in [4.78, 5) is 0. The highest BCUT2D eigenvalue weighted by Crippen LogP contribution is 2.49. The number of benzene rings is 3. The van der Waals surface area contributed by atoms with Gasteiger partial charge in [0.25, 0.3) is 0 Å². The Balaban J connectivity index is 2.13. The topological polar surface area (TPSA) is 58.1 Å². The third kappa shape index (κ3) is 4.92. The monoisotopic (exact) mass is 536 g/mol. The Bertz CT molecular complexity index is 1340. The Morgan fingerprint density at radius 1 is 0.972 bits per heavy atom. The molecular weight excluding hydrogens is 512 g/mol. The summed E-state index contributed by atoms with van der Waals surface area (Å²) in [6, 6.07) is 13.2. The number of aromatic nitrogens is 2. The molecule has 0 saturated heterocycles. The van der Waals surface area contributed by atoms with E-state index < -0.39 is 17.7 Å². The predicted octanol–water partition coefficient (Wildman–Crippen LogP) is 7.56. The highest BCUT2D eigenvalue weighted by atomic mass is 35.5. The lowest BCUT2D eigenvalue weighted by molar-refractivity contribution is -0.137. The lowest BCUT2D eigenvalue weighted by atomic mass is 9.80. The minimum Gasteiger partial charge on any atom is -0.491 e. The normalized spacial score (nSPS) is 12.8. The average Bonchev–Trinajstić information content (AvgIpc) is 3.27. The van der Waals surface area contributed by atoms with Crippen molar-refractivity contribution in [2.45, 2.75) is 38.8 Å².